The van der Waals surface area contributed by atoms with Crippen LogP contribution in [0.5, 0.6) is 0 Å². The normalized spacial score (nSPS) is 14.7. The van der Waals surface area contributed by atoms with E-state index in [0.29, 0.717) is 5.56 Å². The second kappa shape index (κ2) is 5.67. The van der Waals surface area contributed by atoms with Crippen molar-refractivity contribution in [2.45, 2.75) is 27.1 Å². The molecule has 1 aliphatic carbocycles. The van der Waals surface area contributed by atoms with Crippen LogP contribution in [-0.4, -0.2) is 0 Å². The standard InChI is InChI=1S/C28H24N/c1-16-12-26(29(4)15-17(16)2)23-14-25-21-10-6-5-9-20(21)22-11-7-8-19-13-24(18(23)3)28(25)27(19)22/h5-12,14-15H,13H2,1-4H3/q+1/i2D3. The number of benzene rings is 4. The highest BCUT2D eigenvalue weighted by atomic mass is 14.9. The van der Waals surface area contributed by atoms with Crippen LogP contribution in [0.1, 0.15) is 31.9 Å². The van der Waals surface area contributed by atoms with E-state index in [1.165, 1.54) is 54.6 Å². The first-order chi connectivity index (χ1) is 15.3. The summed E-state index contributed by atoms with van der Waals surface area (Å²) in [6.45, 7) is 2.00. The van der Waals surface area contributed by atoms with Crippen LogP contribution >= 0.6 is 0 Å². The molecule has 0 saturated carbocycles. The number of pyridine rings is 1. The fraction of sp³-hybridized carbons (Fsp3) is 0.179. The minimum Gasteiger partial charge on any atom is -0.201 e. The maximum atomic E-state index is 7.87. The Kier molecular flexibility index (Phi) is 2.72. The molecule has 4 aromatic carbocycles. The minimum absolute atomic E-state index is 0.409. The first kappa shape index (κ1) is 13.9. The van der Waals surface area contributed by atoms with Crippen molar-refractivity contribution in [2.75, 3.05) is 0 Å². The second-order valence-corrected chi connectivity index (χ2v) is 8.38. The number of rotatable bonds is 1. The zero-order chi connectivity index (χ0) is 22.4. The summed E-state index contributed by atoms with van der Waals surface area (Å²) >= 11 is 0. The maximum Gasteiger partial charge on any atom is 0.212 e. The van der Waals surface area contributed by atoms with Gasteiger partial charge in [-0.3, -0.25) is 0 Å². The Bertz CT molecular complexity index is 1610. The molecule has 1 aliphatic rings. The Labute approximate surface area is 175 Å². The van der Waals surface area contributed by atoms with Gasteiger partial charge in [-0.15, -0.1) is 0 Å². The highest BCUT2D eigenvalue weighted by Gasteiger charge is 2.25. The highest BCUT2D eigenvalue weighted by Crippen LogP contribution is 2.46. The van der Waals surface area contributed by atoms with Crippen LogP contribution in [0.3, 0.4) is 0 Å². The van der Waals surface area contributed by atoms with Gasteiger partial charge in [0.15, 0.2) is 6.20 Å². The molecule has 140 valence electrons. The Balaban J connectivity index is 1.74. The number of hydrogen-bond donors (Lipinski definition) is 0. The molecular weight excluding hydrogens is 350 g/mol. The number of nitrogens with zero attached hydrogens (tertiary/aromatic N) is 1. The topological polar surface area (TPSA) is 3.88 Å². The average Bonchev–Trinajstić information content (AvgIpc) is 3.15. The molecule has 0 saturated heterocycles. The van der Waals surface area contributed by atoms with E-state index >= 15 is 0 Å². The van der Waals surface area contributed by atoms with Crippen molar-refractivity contribution in [3.05, 3.63) is 88.6 Å². The Hall–Kier alpha value is -3.19. The predicted molar refractivity (Wildman–Crippen MR) is 123 cm³/mol. The van der Waals surface area contributed by atoms with Crippen molar-refractivity contribution in [2.24, 2.45) is 7.05 Å². The largest absolute Gasteiger partial charge is 0.212 e. The third-order valence-electron chi connectivity index (χ3n) is 6.75. The molecule has 0 radical (unpaired) electrons. The van der Waals surface area contributed by atoms with Crippen LogP contribution in [-0.2, 0) is 13.5 Å². The van der Waals surface area contributed by atoms with Gasteiger partial charge in [-0.05, 0) is 87.8 Å². The zero-order valence-electron chi connectivity index (χ0n) is 19.9. The lowest BCUT2D eigenvalue weighted by atomic mass is 9.89. The Morgan fingerprint density at radius 1 is 0.828 bits per heavy atom. The van der Waals surface area contributed by atoms with Gasteiger partial charge < -0.3 is 0 Å². The van der Waals surface area contributed by atoms with Gasteiger partial charge in [-0.25, -0.2) is 4.57 Å². The maximum absolute atomic E-state index is 7.87. The van der Waals surface area contributed by atoms with Crippen LogP contribution < -0.4 is 4.57 Å². The molecule has 5 aromatic rings. The molecule has 0 fully saturated rings. The van der Waals surface area contributed by atoms with Gasteiger partial charge >= 0.3 is 0 Å². The molecule has 1 heterocycles. The summed E-state index contributed by atoms with van der Waals surface area (Å²) in [5.41, 5.74) is 7.50. The molecule has 0 unspecified atom stereocenters. The molecule has 0 atom stereocenters. The third kappa shape index (κ3) is 2.13. The first-order valence-corrected chi connectivity index (χ1v) is 10.2. The lowest BCUT2D eigenvalue weighted by Crippen LogP contribution is -2.31. The lowest BCUT2D eigenvalue weighted by molar-refractivity contribution is -0.660. The summed E-state index contributed by atoms with van der Waals surface area (Å²) in [5.74, 6) is 0. The zero-order valence-corrected chi connectivity index (χ0v) is 16.9. The smallest absolute Gasteiger partial charge is 0.201 e. The molecule has 1 aromatic heterocycles. The van der Waals surface area contributed by atoms with E-state index in [9.17, 15) is 0 Å². The fourth-order valence-corrected chi connectivity index (χ4v) is 5.25. The molecule has 1 nitrogen and oxygen atoms in total. The van der Waals surface area contributed by atoms with Crippen LogP contribution in [0.2, 0.25) is 0 Å². The Morgan fingerprint density at radius 3 is 2.38 bits per heavy atom. The number of hydrogen-bond acceptors (Lipinski definition) is 0. The fourth-order valence-electron chi connectivity index (χ4n) is 5.25. The summed E-state index contributed by atoms with van der Waals surface area (Å²) in [4.78, 5) is 0. The van der Waals surface area contributed by atoms with Crippen LogP contribution in [0.25, 0.3) is 43.6 Å². The van der Waals surface area contributed by atoms with Gasteiger partial charge in [-0.1, -0.05) is 42.5 Å². The van der Waals surface area contributed by atoms with Crippen LogP contribution in [0.4, 0.5) is 0 Å². The second-order valence-electron chi connectivity index (χ2n) is 8.38. The van der Waals surface area contributed by atoms with Crippen molar-refractivity contribution in [3.63, 3.8) is 0 Å². The van der Waals surface area contributed by atoms with E-state index in [0.717, 1.165) is 17.7 Å². The molecule has 29 heavy (non-hydrogen) atoms. The van der Waals surface area contributed by atoms with Crippen LogP contribution in [0, 0.1) is 20.7 Å². The van der Waals surface area contributed by atoms with E-state index < -0.39 is 6.85 Å². The summed E-state index contributed by atoms with van der Waals surface area (Å²) in [7, 11) is 1.95. The van der Waals surface area contributed by atoms with Crippen molar-refractivity contribution >= 4 is 32.3 Å². The monoisotopic (exact) mass is 377 g/mol. The van der Waals surface area contributed by atoms with Crippen molar-refractivity contribution in [1.82, 2.24) is 0 Å². The lowest BCUT2D eigenvalue weighted by Gasteiger charge is -2.14. The number of fused-ring (bicyclic) bond motifs is 3. The molecule has 0 bridgehead atoms. The van der Waals surface area contributed by atoms with Gasteiger partial charge in [0.05, 0.1) is 0 Å². The number of aryl methyl sites for hydroxylation is 3. The molecule has 6 rings (SSSR count). The summed E-state index contributed by atoms with van der Waals surface area (Å²) < 4.78 is 25.6. The van der Waals surface area contributed by atoms with Gasteiger partial charge in [0, 0.05) is 21.3 Å². The molecular formula is C28H24N+. The molecule has 0 amide bonds. The van der Waals surface area contributed by atoms with Crippen LogP contribution in [0.15, 0.2) is 60.8 Å². The van der Waals surface area contributed by atoms with Crippen molar-refractivity contribution < 1.29 is 8.68 Å². The van der Waals surface area contributed by atoms with Crippen molar-refractivity contribution in [3.8, 4) is 11.3 Å². The molecule has 0 spiro atoms. The highest BCUT2D eigenvalue weighted by molar-refractivity contribution is 6.29. The number of aromatic nitrogens is 1. The summed E-state index contributed by atoms with van der Waals surface area (Å²) in [6, 6.07) is 19.7. The SMILES string of the molecule is [2H]C([2H])([2H])c1c[n+](C)c(-c2cc3c4ccccc4c4cccc5c4c3c(c2C)C5)cc1C. The van der Waals surface area contributed by atoms with Crippen molar-refractivity contribution in [1.29, 1.82) is 0 Å². The molecule has 0 aliphatic heterocycles. The van der Waals surface area contributed by atoms with Gasteiger partial charge in [0.2, 0.25) is 5.69 Å². The van der Waals surface area contributed by atoms with Gasteiger partial charge in [0.25, 0.3) is 0 Å². The van der Waals surface area contributed by atoms with E-state index in [1.807, 2.05) is 24.6 Å². The Morgan fingerprint density at radius 2 is 1.59 bits per heavy atom. The van der Waals surface area contributed by atoms with Gasteiger partial charge in [-0.2, -0.15) is 0 Å². The molecule has 1 heteroatoms. The first-order valence-electron chi connectivity index (χ1n) is 11.7. The third-order valence-corrected chi connectivity index (χ3v) is 6.75. The average molecular weight is 378 g/mol. The molecule has 0 N–H and O–H groups in total. The summed E-state index contributed by atoms with van der Waals surface area (Å²) in [6.07, 6.45) is 2.71. The quantitative estimate of drug-likeness (QED) is 0.228. The summed E-state index contributed by atoms with van der Waals surface area (Å²) in [5, 5.41) is 7.96. The predicted octanol–water partition coefficient (Wildman–Crippen LogP) is 6.47. The van der Waals surface area contributed by atoms with E-state index in [-0.39, 0.29) is 0 Å². The van der Waals surface area contributed by atoms with E-state index in [1.54, 1.807) is 6.20 Å². The van der Waals surface area contributed by atoms with E-state index in [4.69, 9.17) is 4.11 Å². The van der Waals surface area contributed by atoms with Gasteiger partial charge in [0.1, 0.15) is 7.05 Å². The minimum atomic E-state index is -2.11. The van der Waals surface area contributed by atoms with E-state index in [2.05, 4.69) is 55.5 Å².